The molecule has 1 aromatic heterocycles. The lowest BCUT2D eigenvalue weighted by Crippen LogP contribution is -1.97. The van der Waals surface area contributed by atoms with Crippen molar-refractivity contribution in [2.45, 2.75) is 0 Å². The number of pyridine rings is 1. The van der Waals surface area contributed by atoms with E-state index in [0.717, 1.165) is 11.1 Å². The highest BCUT2D eigenvalue weighted by molar-refractivity contribution is 6.30. The van der Waals surface area contributed by atoms with Gasteiger partial charge in [-0.15, -0.1) is 0 Å². The maximum Gasteiger partial charge on any atom is 0.129 e. The van der Waals surface area contributed by atoms with Gasteiger partial charge in [-0.3, -0.25) is 0 Å². The van der Waals surface area contributed by atoms with Crippen LogP contribution in [-0.2, 0) is 0 Å². The van der Waals surface area contributed by atoms with Crippen LogP contribution in [0.25, 0.3) is 44.5 Å². The molecule has 0 bridgehead atoms. The molecule has 0 saturated heterocycles. The molecule has 0 radical (unpaired) electrons. The number of fused-ring (bicyclic) bond motifs is 8. The van der Waals surface area contributed by atoms with E-state index in [-0.39, 0.29) is 0 Å². The molecule has 0 fully saturated rings. The van der Waals surface area contributed by atoms with Gasteiger partial charge in [-0.2, -0.15) is 0 Å². The maximum atomic E-state index is 6.25. The summed E-state index contributed by atoms with van der Waals surface area (Å²) in [7, 11) is 0. The predicted molar refractivity (Wildman–Crippen MR) is 105 cm³/mol. The van der Waals surface area contributed by atoms with E-state index >= 15 is 0 Å². The van der Waals surface area contributed by atoms with Crippen LogP contribution in [0.1, 0.15) is 0 Å². The number of nitrogens with zero attached hydrogens (tertiary/aromatic N) is 1. The minimum atomic E-state index is 0.514. The zero-order valence-electron chi connectivity index (χ0n) is 13.4. The molecule has 0 spiro atoms. The monoisotopic (exact) mass is 339 g/mol. The zero-order chi connectivity index (χ0) is 16.8. The van der Waals surface area contributed by atoms with Crippen LogP contribution in [0.3, 0.4) is 0 Å². The Morgan fingerprint density at radius 2 is 0.840 bits per heavy atom. The van der Waals surface area contributed by atoms with E-state index in [1.54, 1.807) is 0 Å². The lowest BCUT2D eigenvalue weighted by atomic mass is 9.82. The summed E-state index contributed by atoms with van der Waals surface area (Å²) in [6.07, 6.45) is 1.89. The van der Waals surface area contributed by atoms with Gasteiger partial charge in [0, 0.05) is 11.8 Å². The number of halogens is 1. The van der Waals surface area contributed by atoms with Crippen molar-refractivity contribution in [1.29, 1.82) is 0 Å². The molecular formula is C23H14ClN. The molecule has 5 rings (SSSR count). The summed E-state index contributed by atoms with van der Waals surface area (Å²) in [4.78, 5) is 4.36. The third-order valence-electron chi connectivity index (χ3n) is 4.81. The van der Waals surface area contributed by atoms with E-state index in [1.165, 1.54) is 33.4 Å². The number of aromatic nitrogens is 1. The molecule has 0 saturated carbocycles. The summed E-state index contributed by atoms with van der Waals surface area (Å²) in [6, 6.07) is 27.6. The molecule has 1 nitrogen and oxygen atoms in total. The van der Waals surface area contributed by atoms with Gasteiger partial charge < -0.3 is 0 Å². The molecule has 0 atom stereocenters. The summed E-state index contributed by atoms with van der Waals surface area (Å²) >= 11 is 6.25. The van der Waals surface area contributed by atoms with E-state index in [2.05, 4.69) is 77.8 Å². The summed E-state index contributed by atoms with van der Waals surface area (Å²) in [6.45, 7) is 0. The second-order valence-corrected chi connectivity index (χ2v) is 6.58. The normalized spacial score (nSPS) is 11.4. The third-order valence-corrected chi connectivity index (χ3v) is 5.02. The predicted octanol–water partition coefficient (Wildman–Crippen LogP) is 6.72. The fraction of sp³-hybridized carbons (Fsp3) is 0. The van der Waals surface area contributed by atoms with Crippen LogP contribution >= 0.6 is 11.6 Å². The van der Waals surface area contributed by atoms with Crippen molar-refractivity contribution in [2.24, 2.45) is 0 Å². The van der Waals surface area contributed by atoms with Crippen molar-refractivity contribution in [3.05, 3.63) is 90.2 Å². The van der Waals surface area contributed by atoms with Crippen LogP contribution < -0.4 is 0 Å². The van der Waals surface area contributed by atoms with E-state index in [4.69, 9.17) is 11.6 Å². The Kier molecular flexibility index (Phi) is 3.22. The first-order valence-corrected chi connectivity index (χ1v) is 8.65. The van der Waals surface area contributed by atoms with Crippen LogP contribution in [0.15, 0.2) is 85.1 Å². The average molecular weight is 340 g/mol. The molecule has 25 heavy (non-hydrogen) atoms. The number of hydrogen-bond donors (Lipinski definition) is 0. The molecule has 4 aromatic rings. The van der Waals surface area contributed by atoms with Gasteiger partial charge in [0.25, 0.3) is 0 Å². The lowest BCUT2D eigenvalue weighted by Gasteiger charge is -2.22. The van der Waals surface area contributed by atoms with Crippen molar-refractivity contribution in [3.8, 4) is 44.5 Å². The second kappa shape index (κ2) is 5.58. The highest BCUT2D eigenvalue weighted by Gasteiger charge is 2.21. The minimum absolute atomic E-state index is 0.514. The molecule has 0 unspecified atom stereocenters. The van der Waals surface area contributed by atoms with E-state index in [9.17, 15) is 0 Å². The summed E-state index contributed by atoms with van der Waals surface area (Å²) in [5.74, 6) is 0. The third kappa shape index (κ3) is 2.20. The van der Waals surface area contributed by atoms with Crippen LogP contribution in [0.2, 0.25) is 5.15 Å². The largest absolute Gasteiger partial charge is 0.244 e. The van der Waals surface area contributed by atoms with Crippen molar-refractivity contribution in [3.63, 3.8) is 0 Å². The quantitative estimate of drug-likeness (QED) is 0.285. The van der Waals surface area contributed by atoms with Crippen LogP contribution in [0.5, 0.6) is 0 Å². The smallest absolute Gasteiger partial charge is 0.129 e. The lowest BCUT2D eigenvalue weighted by molar-refractivity contribution is 1.33. The highest BCUT2D eigenvalue weighted by atomic mass is 35.5. The van der Waals surface area contributed by atoms with Gasteiger partial charge in [0.2, 0.25) is 0 Å². The standard InChI is InChI=1S/C23H14ClN/c24-23-13-21-19-11-5-3-9-17(19)15-7-1-2-8-16(15)18-10-4-6-12-20(18)22(21)14-25-23/h1-14H. The molecule has 1 aliphatic carbocycles. The minimum Gasteiger partial charge on any atom is -0.244 e. The fourth-order valence-corrected chi connectivity index (χ4v) is 3.88. The van der Waals surface area contributed by atoms with Gasteiger partial charge in [-0.05, 0) is 45.0 Å². The van der Waals surface area contributed by atoms with E-state index in [0.29, 0.717) is 5.15 Å². The van der Waals surface area contributed by atoms with Gasteiger partial charge in [-0.1, -0.05) is 84.4 Å². The zero-order valence-corrected chi connectivity index (χ0v) is 14.2. The topological polar surface area (TPSA) is 12.9 Å². The van der Waals surface area contributed by atoms with Crippen LogP contribution in [0.4, 0.5) is 0 Å². The molecule has 1 heterocycles. The maximum absolute atomic E-state index is 6.25. The first-order valence-electron chi connectivity index (χ1n) is 8.27. The Bertz CT molecular complexity index is 1110. The molecule has 3 aromatic carbocycles. The van der Waals surface area contributed by atoms with E-state index in [1.807, 2.05) is 12.3 Å². The fourth-order valence-electron chi connectivity index (χ4n) is 3.73. The van der Waals surface area contributed by atoms with Gasteiger partial charge >= 0.3 is 0 Å². The Morgan fingerprint density at radius 3 is 1.28 bits per heavy atom. The molecule has 0 amide bonds. The van der Waals surface area contributed by atoms with Crippen molar-refractivity contribution in [1.82, 2.24) is 4.98 Å². The molecule has 0 aliphatic heterocycles. The second-order valence-electron chi connectivity index (χ2n) is 6.19. The van der Waals surface area contributed by atoms with E-state index < -0.39 is 0 Å². The summed E-state index contributed by atoms with van der Waals surface area (Å²) in [5, 5.41) is 0.514. The molecular weight excluding hydrogens is 326 g/mol. The first kappa shape index (κ1) is 14.4. The van der Waals surface area contributed by atoms with Gasteiger partial charge in [0.15, 0.2) is 0 Å². The molecule has 118 valence electrons. The molecule has 1 aliphatic rings. The molecule has 2 heteroatoms. The van der Waals surface area contributed by atoms with Gasteiger partial charge in [0.1, 0.15) is 5.15 Å². The summed E-state index contributed by atoms with van der Waals surface area (Å²) in [5.41, 5.74) is 9.52. The Balaban J connectivity index is 2.01. The first-order chi connectivity index (χ1) is 12.3. The van der Waals surface area contributed by atoms with Crippen molar-refractivity contribution < 1.29 is 0 Å². The number of benzene rings is 3. The molecule has 0 N–H and O–H groups in total. The summed E-state index contributed by atoms with van der Waals surface area (Å²) < 4.78 is 0. The van der Waals surface area contributed by atoms with Gasteiger partial charge in [-0.25, -0.2) is 4.98 Å². The van der Waals surface area contributed by atoms with Crippen LogP contribution in [0, 0.1) is 0 Å². The van der Waals surface area contributed by atoms with Crippen molar-refractivity contribution in [2.75, 3.05) is 0 Å². The Labute approximate surface area is 151 Å². The average Bonchev–Trinajstić information content (AvgIpc) is 2.67. The van der Waals surface area contributed by atoms with Crippen molar-refractivity contribution >= 4 is 11.6 Å². The Morgan fingerprint density at radius 1 is 0.480 bits per heavy atom. The number of rotatable bonds is 0. The van der Waals surface area contributed by atoms with Gasteiger partial charge in [0.05, 0.1) is 0 Å². The van der Waals surface area contributed by atoms with Crippen LogP contribution in [-0.4, -0.2) is 4.98 Å². The number of hydrogen-bond acceptors (Lipinski definition) is 1. The highest BCUT2D eigenvalue weighted by Crippen LogP contribution is 2.47. The SMILES string of the molecule is Clc1cc2c(cn1)-c1ccccc1-c1ccccc1-c1ccccc1-2. The Hall–Kier alpha value is -2.90.